The first-order valence-corrected chi connectivity index (χ1v) is 13.0. The summed E-state index contributed by atoms with van der Waals surface area (Å²) < 4.78 is 31.1. The number of fused-ring (bicyclic) bond motifs is 2. The van der Waals surface area contributed by atoms with Crippen LogP contribution in [0, 0.1) is 5.82 Å². The molecule has 0 spiro atoms. The standard InChI is InChI=1S/C30H27ClFNO5/c1-3-4-5-6-15-37-21-11-7-18(8-12-21)27-26-28(34)22-16-19(32)9-13-24(22)38-29(26)30(35)33(27)20-10-14-25(36-2)23(31)17-20/h7-14,16-17,27H,3-6,15H2,1-2H3. The van der Waals surface area contributed by atoms with Gasteiger partial charge in [-0.3, -0.25) is 14.5 Å². The fraction of sp³-hybridized carbons (Fsp3) is 0.267. The number of halogens is 2. The maximum atomic E-state index is 14.0. The minimum absolute atomic E-state index is 0.0724. The van der Waals surface area contributed by atoms with Gasteiger partial charge < -0.3 is 13.9 Å². The molecule has 1 aromatic heterocycles. The number of hydrogen-bond acceptors (Lipinski definition) is 5. The van der Waals surface area contributed by atoms with E-state index >= 15 is 0 Å². The van der Waals surface area contributed by atoms with E-state index in [1.807, 2.05) is 24.3 Å². The second kappa shape index (κ2) is 10.9. The molecule has 8 heteroatoms. The average Bonchev–Trinajstić information content (AvgIpc) is 3.21. The number of rotatable bonds is 9. The zero-order valence-electron chi connectivity index (χ0n) is 21.1. The van der Waals surface area contributed by atoms with Crippen molar-refractivity contribution in [3.05, 3.63) is 98.6 Å². The van der Waals surface area contributed by atoms with Crippen molar-refractivity contribution in [3.8, 4) is 11.5 Å². The molecule has 196 valence electrons. The summed E-state index contributed by atoms with van der Waals surface area (Å²) in [6.45, 7) is 2.77. The van der Waals surface area contributed by atoms with Gasteiger partial charge in [-0.05, 0) is 60.5 Å². The van der Waals surface area contributed by atoms with Crippen LogP contribution in [-0.2, 0) is 0 Å². The van der Waals surface area contributed by atoms with Crippen molar-refractivity contribution in [2.45, 2.75) is 38.6 Å². The average molecular weight is 536 g/mol. The minimum atomic E-state index is -0.815. The van der Waals surface area contributed by atoms with Gasteiger partial charge in [-0.2, -0.15) is 0 Å². The quantitative estimate of drug-likeness (QED) is 0.210. The number of ether oxygens (including phenoxy) is 2. The lowest BCUT2D eigenvalue weighted by Gasteiger charge is -2.26. The maximum Gasteiger partial charge on any atom is 0.295 e. The molecule has 6 nitrogen and oxygen atoms in total. The van der Waals surface area contributed by atoms with E-state index in [1.165, 1.54) is 30.6 Å². The SMILES string of the molecule is CCCCCCOc1ccc(C2c3c(oc4ccc(F)cc4c3=O)C(=O)N2c2ccc(OC)c(Cl)c2)cc1. The van der Waals surface area contributed by atoms with Crippen LogP contribution in [0.15, 0.2) is 69.9 Å². The normalized spacial score (nSPS) is 14.7. The van der Waals surface area contributed by atoms with E-state index < -0.39 is 23.2 Å². The molecule has 0 saturated carbocycles. The topological polar surface area (TPSA) is 69.0 Å². The van der Waals surface area contributed by atoms with Crippen LogP contribution in [0.1, 0.15) is 60.3 Å². The number of hydrogen-bond donors (Lipinski definition) is 0. The Bertz CT molecular complexity index is 1550. The third-order valence-electron chi connectivity index (χ3n) is 6.71. The Kier molecular flexibility index (Phi) is 7.38. The molecule has 1 aliphatic heterocycles. The van der Waals surface area contributed by atoms with E-state index in [0.29, 0.717) is 34.4 Å². The molecule has 0 fully saturated rings. The fourth-order valence-corrected chi connectivity index (χ4v) is 5.05. The van der Waals surface area contributed by atoms with Gasteiger partial charge >= 0.3 is 0 Å². The van der Waals surface area contributed by atoms with Crippen LogP contribution < -0.4 is 19.8 Å². The summed E-state index contributed by atoms with van der Waals surface area (Å²) in [5, 5.41) is 0.383. The first kappa shape index (κ1) is 25.8. The Balaban J connectivity index is 1.59. The van der Waals surface area contributed by atoms with Crippen molar-refractivity contribution >= 4 is 34.2 Å². The highest BCUT2D eigenvalue weighted by Crippen LogP contribution is 2.43. The van der Waals surface area contributed by atoms with Crippen molar-refractivity contribution in [1.29, 1.82) is 0 Å². The Morgan fingerprint density at radius 2 is 1.79 bits per heavy atom. The summed E-state index contributed by atoms with van der Waals surface area (Å²) in [6.07, 6.45) is 4.40. The van der Waals surface area contributed by atoms with Gasteiger partial charge in [-0.25, -0.2) is 4.39 Å². The molecule has 38 heavy (non-hydrogen) atoms. The number of methoxy groups -OCH3 is 1. The molecule has 0 aliphatic carbocycles. The van der Waals surface area contributed by atoms with E-state index in [2.05, 4.69) is 6.92 Å². The molecule has 0 N–H and O–H groups in total. The van der Waals surface area contributed by atoms with Crippen LogP contribution in [0.3, 0.4) is 0 Å². The smallest absolute Gasteiger partial charge is 0.295 e. The Labute approximate surface area is 224 Å². The Morgan fingerprint density at radius 3 is 2.50 bits per heavy atom. The van der Waals surface area contributed by atoms with Crippen LogP contribution in [0.5, 0.6) is 11.5 Å². The maximum absolute atomic E-state index is 14.0. The minimum Gasteiger partial charge on any atom is -0.495 e. The molecule has 1 amide bonds. The summed E-state index contributed by atoms with van der Waals surface area (Å²) in [6, 6.07) is 15.1. The lowest BCUT2D eigenvalue weighted by Crippen LogP contribution is -2.29. The molecule has 5 rings (SSSR count). The van der Waals surface area contributed by atoms with Crippen LogP contribution >= 0.6 is 11.6 Å². The van der Waals surface area contributed by atoms with Gasteiger partial charge in [0.2, 0.25) is 5.76 Å². The summed E-state index contributed by atoms with van der Waals surface area (Å²) in [7, 11) is 1.50. The summed E-state index contributed by atoms with van der Waals surface area (Å²) in [5.74, 6) is 0.00592. The van der Waals surface area contributed by atoms with E-state index in [0.717, 1.165) is 25.3 Å². The molecule has 2 heterocycles. The van der Waals surface area contributed by atoms with Gasteiger partial charge in [0.25, 0.3) is 5.91 Å². The lowest BCUT2D eigenvalue weighted by molar-refractivity contribution is 0.0971. The van der Waals surface area contributed by atoms with E-state index in [-0.39, 0.29) is 22.3 Å². The van der Waals surface area contributed by atoms with Crippen molar-refractivity contribution in [3.63, 3.8) is 0 Å². The molecule has 1 unspecified atom stereocenters. The van der Waals surface area contributed by atoms with Gasteiger partial charge in [0.15, 0.2) is 5.43 Å². The molecule has 4 aromatic rings. The third kappa shape index (κ3) is 4.74. The van der Waals surface area contributed by atoms with Crippen molar-refractivity contribution < 1.29 is 23.1 Å². The molecule has 3 aromatic carbocycles. The highest BCUT2D eigenvalue weighted by molar-refractivity contribution is 6.32. The molecule has 1 aliphatic rings. The predicted molar refractivity (Wildman–Crippen MR) is 145 cm³/mol. The summed E-state index contributed by atoms with van der Waals surface area (Å²) in [4.78, 5) is 28.9. The lowest BCUT2D eigenvalue weighted by atomic mass is 9.98. The Hall–Kier alpha value is -3.84. The number of anilines is 1. The predicted octanol–water partition coefficient (Wildman–Crippen LogP) is 7.30. The van der Waals surface area contributed by atoms with E-state index in [4.69, 9.17) is 25.5 Å². The van der Waals surface area contributed by atoms with Gasteiger partial charge in [0.05, 0.1) is 35.7 Å². The number of carbonyl (C=O) groups excluding carboxylic acids is 1. The second-order valence-electron chi connectivity index (χ2n) is 9.19. The number of nitrogens with zero attached hydrogens (tertiary/aromatic N) is 1. The zero-order valence-corrected chi connectivity index (χ0v) is 21.9. The van der Waals surface area contributed by atoms with Crippen molar-refractivity contribution in [1.82, 2.24) is 0 Å². The fourth-order valence-electron chi connectivity index (χ4n) is 4.80. The zero-order chi connectivity index (χ0) is 26.8. The molecule has 1 atom stereocenters. The van der Waals surface area contributed by atoms with E-state index in [1.54, 1.807) is 18.2 Å². The Morgan fingerprint density at radius 1 is 1.00 bits per heavy atom. The number of benzene rings is 3. The number of unbranched alkanes of at least 4 members (excludes halogenated alkanes) is 3. The number of amides is 1. The second-order valence-corrected chi connectivity index (χ2v) is 9.60. The molecular formula is C30H27ClFNO5. The van der Waals surface area contributed by atoms with Gasteiger partial charge in [0, 0.05) is 5.69 Å². The van der Waals surface area contributed by atoms with Gasteiger partial charge in [-0.15, -0.1) is 0 Å². The first-order chi connectivity index (χ1) is 18.4. The third-order valence-corrected chi connectivity index (χ3v) is 7.00. The molecular weight excluding hydrogens is 509 g/mol. The van der Waals surface area contributed by atoms with Crippen molar-refractivity contribution in [2.24, 2.45) is 0 Å². The highest BCUT2D eigenvalue weighted by Gasteiger charge is 2.43. The summed E-state index contributed by atoms with van der Waals surface area (Å²) in [5.41, 5.74) is 0.961. The highest BCUT2D eigenvalue weighted by atomic mass is 35.5. The number of carbonyl (C=O) groups is 1. The van der Waals surface area contributed by atoms with Gasteiger partial charge in [0.1, 0.15) is 22.9 Å². The van der Waals surface area contributed by atoms with Crippen LogP contribution in [0.4, 0.5) is 10.1 Å². The van der Waals surface area contributed by atoms with E-state index in [9.17, 15) is 14.0 Å². The van der Waals surface area contributed by atoms with Gasteiger partial charge in [-0.1, -0.05) is 49.9 Å². The summed E-state index contributed by atoms with van der Waals surface area (Å²) >= 11 is 6.39. The van der Waals surface area contributed by atoms with Crippen molar-refractivity contribution in [2.75, 3.05) is 18.6 Å². The molecule has 0 saturated heterocycles. The first-order valence-electron chi connectivity index (χ1n) is 12.6. The molecule has 0 radical (unpaired) electrons. The van der Waals surface area contributed by atoms with Crippen LogP contribution in [-0.4, -0.2) is 19.6 Å². The monoisotopic (exact) mass is 535 g/mol. The molecule has 0 bridgehead atoms. The van der Waals surface area contributed by atoms with Crippen LogP contribution in [0.2, 0.25) is 5.02 Å². The van der Waals surface area contributed by atoms with Crippen LogP contribution in [0.25, 0.3) is 11.0 Å². The largest absolute Gasteiger partial charge is 0.495 e.